The van der Waals surface area contributed by atoms with Crippen molar-refractivity contribution in [1.29, 1.82) is 0 Å². The van der Waals surface area contributed by atoms with E-state index in [2.05, 4.69) is 4.72 Å². The predicted molar refractivity (Wildman–Crippen MR) is 80.2 cm³/mol. The van der Waals surface area contributed by atoms with Gasteiger partial charge in [-0.25, -0.2) is 17.5 Å². The molecule has 2 rings (SSSR count). The molecule has 21 heavy (non-hydrogen) atoms. The first-order valence-corrected chi connectivity index (χ1v) is 8.66. The van der Waals surface area contributed by atoms with Gasteiger partial charge in [0.25, 0.3) is 0 Å². The Hall–Kier alpha value is -1.28. The number of nitrogens with one attached hydrogen (secondary N) is 1. The second kappa shape index (κ2) is 5.84. The minimum Gasteiger partial charge on any atom is -0.384 e. The Morgan fingerprint density at radius 2 is 2.10 bits per heavy atom. The van der Waals surface area contributed by atoms with Crippen molar-refractivity contribution < 1.29 is 17.9 Å². The summed E-state index contributed by atoms with van der Waals surface area (Å²) in [6.07, 6.45) is 0. The summed E-state index contributed by atoms with van der Waals surface area (Å²) in [4.78, 5) is -0.160. The summed E-state index contributed by atoms with van der Waals surface area (Å²) in [5.41, 5.74) is -0.319. The van der Waals surface area contributed by atoms with E-state index in [9.17, 15) is 17.9 Å². The molecule has 0 spiro atoms. The van der Waals surface area contributed by atoms with Gasteiger partial charge >= 0.3 is 0 Å². The standard InChI is InChI=1S/C14H16FNO3S2/c1-10-3-4-12(7-13(10)15)21(18,19)16-9-14(2,17)11-5-6-20-8-11/h3-8,16-17H,9H2,1-2H3. The van der Waals surface area contributed by atoms with Gasteiger partial charge in [-0.15, -0.1) is 0 Å². The average Bonchev–Trinajstić information content (AvgIpc) is 2.94. The van der Waals surface area contributed by atoms with Gasteiger partial charge in [-0.1, -0.05) is 6.07 Å². The normalized spacial score (nSPS) is 14.9. The van der Waals surface area contributed by atoms with Gasteiger partial charge < -0.3 is 5.11 Å². The van der Waals surface area contributed by atoms with E-state index in [0.29, 0.717) is 11.1 Å². The smallest absolute Gasteiger partial charge is 0.240 e. The second-order valence-electron chi connectivity index (χ2n) is 5.02. The summed E-state index contributed by atoms with van der Waals surface area (Å²) < 4.78 is 40.0. The van der Waals surface area contributed by atoms with Crippen molar-refractivity contribution in [3.8, 4) is 0 Å². The van der Waals surface area contributed by atoms with Crippen molar-refractivity contribution >= 4 is 21.4 Å². The number of rotatable bonds is 5. The zero-order chi connectivity index (χ0) is 15.7. The summed E-state index contributed by atoms with van der Waals surface area (Å²) in [5, 5.41) is 13.8. The van der Waals surface area contributed by atoms with E-state index in [1.54, 1.807) is 23.8 Å². The van der Waals surface area contributed by atoms with Crippen molar-refractivity contribution in [1.82, 2.24) is 4.72 Å². The van der Waals surface area contributed by atoms with Gasteiger partial charge in [-0.2, -0.15) is 11.3 Å². The lowest BCUT2D eigenvalue weighted by Crippen LogP contribution is -2.38. The third kappa shape index (κ3) is 3.68. The molecule has 1 aromatic heterocycles. The molecule has 7 heteroatoms. The molecule has 0 aliphatic rings. The molecule has 1 heterocycles. The van der Waals surface area contributed by atoms with Crippen LogP contribution in [-0.4, -0.2) is 20.1 Å². The summed E-state index contributed by atoms with van der Waals surface area (Å²) in [6.45, 7) is 2.88. The molecule has 0 saturated carbocycles. The van der Waals surface area contributed by atoms with Crippen molar-refractivity contribution in [2.45, 2.75) is 24.3 Å². The van der Waals surface area contributed by atoms with Gasteiger partial charge in [-0.05, 0) is 53.9 Å². The highest BCUT2D eigenvalue weighted by atomic mass is 32.2. The van der Waals surface area contributed by atoms with Crippen molar-refractivity contribution in [2.75, 3.05) is 6.54 Å². The molecule has 0 fully saturated rings. The summed E-state index contributed by atoms with van der Waals surface area (Å²) >= 11 is 1.41. The Labute approximate surface area is 127 Å². The maximum atomic E-state index is 13.5. The van der Waals surface area contributed by atoms with Gasteiger partial charge in [0.2, 0.25) is 10.0 Å². The highest BCUT2D eigenvalue weighted by molar-refractivity contribution is 7.89. The lowest BCUT2D eigenvalue weighted by molar-refractivity contribution is 0.0632. The maximum Gasteiger partial charge on any atom is 0.240 e. The number of sulfonamides is 1. The third-order valence-corrected chi connectivity index (χ3v) is 5.29. The van der Waals surface area contributed by atoms with Crippen LogP contribution in [0.15, 0.2) is 39.9 Å². The molecule has 0 radical (unpaired) electrons. The number of thiophene rings is 1. The number of aryl methyl sites for hydroxylation is 1. The summed E-state index contributed by atoms with van der Waals surface area (Å²) in [7, 11) is -3.87. The molecule has 0 saturated heterocycles. The molecule has 1 atom stereocenters. The van der Waals surface area contributed by atoms with Crippen LogP contribution in [0.1, 0.15) is 18.1 Å². The molecule has 0 bridgehead atoms. The van der Waals surface area contributed by atoms with Crippen molar-refractivity contribution in [3.05, 3.63) is 52.0 Å². The fraction of sp³-hybridized carbons (Fsp3) is 0.286. The quantitative estimate of drug-likeness (QED) is 0.885. The van der Waals surface area contributed by atoms with E-state index >= 15 is 0 Å². The number of halogens is 1. The van der Waals surface area contributed by atoms with E-state index < -0.39 is 21.4 Å². The van der Waals surface area contributed by atoms with E-state index in [1.807, 2.05) is 0 Å². The third-order valence-electron chi connectivity index (χ3n) is 3.20. The molecule has 1 aromatic carbocycles. The monoisotopic (exact) mass is 329 g/mol. The topological polar surface area (TPSA) is 66.4 Å². The first-order valence-electron chi connectivity index (χ1n) is 6.23. The molecule has 0 aliphatic heterocycles. The summed E-state index contributed by atoms with van der Waals surface area (Å²) in [5.74, 6) is -0.581. The largest absolute Gasteiger partial charge is 0.384 e. The van der Waals surface area contributed by atoms with E-state index in [-0.39, 0.29) is 11.4 Å². The molecular formula is C14H16FNO3S2. The minimum absolute atomic E-state index is 0.160. The van der Waals surface area contributed by atoms with Gasteiger partial charge in [0.1, 0.15) is 11.4 Å². The Bertz CT molecular complexity index is 725. The molecule has 4 nitrogen and oxygen atoms in total. The maximum absolute atomic E-state index is 13.5. The molecule has 1 unspecified atom stereocenters. The summed E-state index contributed by atoms with van der Waals surface area (Å²) in [6, 6.07) is 5.43. The fourth-order valence-corrected chi connectivity index (χ4v) is 3.66. The number of aliphatic hydroxyl groups is 1. The van der Waals surface area contributed by atoms with E-state index in [0.717, 1.165) is 6.07 Å². The number of hydrogen-bond acceptors (Lipinski definition) is 4. The van der Waals surface area contributed by atoms with Crippen LogP contribution in [0.3, 0.4) is 0 Å². The van der Waals surface area contributed by atoms with Crippen LogP contribution in [0.4, 0.5) is 4.39 Å². The van der Waals surface area contributed by atoms with Crippen LogP contribution in [0.25, 0.3) is 0 Å². The lowest BCUT2D eigenvalue weighted by atomic mass is 10.0. The molecule has 0 amide bonds. The van der Waals surface area contributed by atoms with Crippen LogP contribution in [0.2, 0.25) is 0 Å². The first kappa shape index (κ1) is 16.1. The Kier molecular flexibility index (Phi) is 4.48. The van der Waals surface area contributed by atoms with E-state index in [1.165, 1.54) is 30.4 Å². The van der Waals surface area contributed by atoms with Crippen LogP contribution < -0.4 is 4.72 Å². The Balaban J connectivity index is 2.16. The highest BCUT2D eigenvalue weighted by Gasteiger charge is 2.26. The molecule has 114 valence electrons. The van der Waals surface area contributed by atoms with Crippen molar-refractivity contribution in [2.24, 2.45) is 0 Å². The molecule has 2 aromatic rings. The van der Waals surface area contributed by atoms with Crippen molar-refractivity contribution in [3.63, 3.8) is 0 Å². The van der Waals surface area contributed by atoms with Crippen LogP contribution >= 0.6 is 11.3 Å². The molecular weight excluding hydrogens is 313 g/mol. The average molecular weight is 329 g/mol. The molecule has 0 aliphatic carbocycles. The number of benzene rings is 1. The fourth-order valence-electron chi connectivity index (χ4n) is 1.73. The predicted octanol–water partition coefficient (Wildman–Crippen LogP) is 2.38. The number of hydrogen-bond donors (Lipinski definition) is 2. The van der Waals surface area contributed by atoms with Crippen LogP contribution in [0.5, 0.6) is 0 Å². The van der Waals surface area contributed by atoms with Gasteiger partial charge in [-0.3, -0.25) is 0 Å². The van der Waals surface area contributed by atoms with Gasteiger partial charge in [0.15, 0.2) is 0 Å². The Morgan fingerprint density at radius 1 is 1.38 bits per heavy atom. The molecule has 2 N–H and O–H groups in total. The minimum atomic E-state index is -3.87. The lowest BCUT2D eigenvalue weighted by Gasteiger charge is -2.22. The first-order chi connectivity index (χ1) is 9.72. The van der Waals surface area contributed by atoms with Crippen LogP contribution in [0, 0.1) is 12.7 Å². The Morgan fingerprint density at radius 3 is 2.67 bits per heavy atom. The van der Waals surface area contributed by atoms with Crippen LogP contribution in [-0.2, 0) is 15.6 Å². The zero-order valence-electron chi connectivity index (χ0n) is 11.6. The zero-order valence-corrected chi connectivity index (χ0v) is 13.3. The SMILES string of the molecule is Cc1ccc(S(=O)(=O)NCC(C)(O)c2ccsc2)cc1F. The van der Waals surface area contributed by atoms with E-state index in [4.69, 9.17) is 0 Å². The van der Waals surface area contributed by atoms with Gasteiger partial charge in [0.05, 0.1) is 4.90 Å². The highest BCUT2D eigenvalue weighted by Crippen LogP contribution is 2.23. The van der Waals surface area contributed by atoms with Gasteiger partial charge in [0, 0.05) is 6.54 Å². The second-order valence-corrected chi connectivity index (χ2v) is 7.57.